The molecule has 1 aromatic carbocycles. The first-order valence-electron chi connectivity index (χ1n) is 6.49. The van der Waals surface area contributed by atoms with Crippen LogP contribution in [-0.2, 0) is 4.79 Å². The predicted molar refractivity (Wildman–Crippen MR) is 79.5 cm³/mol. The molecule has 0 aliphatic rings. The first kappa shape index (κ1) is 16.6. The van der Waals surface area contributed by atoms with E-state index in [0.717, 1.165) is 4.90 Å². The van der Waals surface area contributed by atoms with Crippen LogP contribution in [-0.4, -0.2) is 55.6 Å². The van der Waals surface area contributed by atoms with Gasteiger partial charge in [0.1, 0.15) is 0 Å². The number of hydrogen-bond donors (Lipinski definition) is 1. The lowest BCUT2D eigenvalue weighted by molar-refractivity contribution is 0.0732. The molecule has 7 heteroatoms. The molecule has 0 bridgehead atoms. The number of nitrogens with one attached hydrogen (secondary N) is 1. The Balaban J connectivity index is 3.10. The van der Waals surface area contributed by atoms with Gasteiger partial charge >= 0.3 is 12.1 Å². The molecule has 0 heterocycles. The molecule has 4 amide bonds. The highest BCUT2D eigenvalue weighted by Crippen LogP contribution is 2.16. The zero-order valence-electron chi connectivity index (χ0n) is 12.4. The fourth-order valence-corrected chi connectivity index (χ4v) is 1.79. The Morgan fingerprint density at radius 2 is 1.81 bits per heavy atom. The monoisotopic (exact) mass is 291 g/mol. The van der Waals surface area contributed by atoms with Gasteiger partial charge in [0.2, 0.25) is 6.29 Å². The van der Waals surface area contributed by atoms with Gasteiger partial charge in [-0.3, -0.25) is 9.80 Å². The molecule has 1 rings (SSSR count). The lowest BCUT2D eigenvalue weighted by Gasteiger charge is -2.32. The van der Waals surface area contributed by atoms with Crippen LogP contribution >= 0.6 is 0 Å². The predicted octanol–water partition coefficient (Wildman–Crippen LogP) is 1.23. The highest BCUT2D eigenvalue weighted by Gasteiger charge is 2.28. The van der Waals surface area contributed by atoms with E-state index in [9.17, 15) is 14.4 Å². The highest BCUT2D eigenvalue weighted by atomic mass is 16.2. The third kappa shape index (κ3) is 4.28. The maximum Gasteiger partial charge on any atom is 0.347 e. The quantitative estimate of drug-likeness (QED) is 0.828. The van der Waals surface area contributed by atoms with Gasteiger partial charge in [-0.05, 0) is 19.1 Å². The Hall–Kier alpha value is -2.41. The van der Waals surface area contributed by atoms with Crippen molar-refractivity contribution in [3.05, 3.63) is 30.3 Å². The summed E-state index contributed by atoms with van der Waals surface area (Å²) in [5.41, 5.74) is 0.422. The Kier molecular flexibility index (Phi) is 6.35. The normalized spacial score (nSPS) is 10.1. The number of hydrogen-bond acceptors (Lipinski definition) is 4. The number of carbonyl (C=O) groups is 2. The van der Waals surface area contributed by atoms with Crippen LogP contribution in [0.15, 0.2) is 30.3 Å². The lowest BCUT2D eigenvalue weighted by Crippen LogP contribution is -2.54. The molecule has 1 aromatic rings. The average Bonchev–Trinajstić information content (AvgIpc) is 2.46. The second kappa shape index (κ2) is 8.01. The van der Waals surface area contributed by atoms with Crippen molar-refractivity contribution in [2.45, 2.75) is 6.92 Å². The van der Waals surface area contributed by atoms with Gasteiger partial charge < -0.3 is 5.32 Å². The minimum Gasteiger partial charge on any atom is -0.330 e. The molecule has 0 saturated heterocycles. The molecule has 0 spiro atoms. The van der Waals surface area contributed by atoms with Crippen molar-refractivity contribution in [3.8, 4) is 0 Å². The van der Waals surface area contributed by atoms with Gasteiger partial charge in [-0.2, -0.15) is 0 Å². The van der Waals surface area contributed by atoms with Crippen LogP contribution in [0.2, 0.25) is 0 Å². The highest BCUT2D eigenvalue weighted by molar-refractivity contribution is 6.13. The second-order valence-electron chi connectivity index (χ2n) is 4.32. The molecule has 1 N–H and O–H groups in total. The Morgan fingerprint density at radius 1 is 1.19 bits per heavy atom. The van der Waals surface area contributed by atoms with Crippen LogP contribution < -0.4 is 10.2 Å². The topological polar surface area (TPSA) is 73.0 Å². The molecule has 0 fully saturated rings. The summed E-state index contributed by atoms with van der Waals surface area (Å²) in [5, 5.41) is 5.32. The number of anilines is 1. The third-order valence-corrected chi connectivity index (χ3v) is 2.72. The maximum atomic E-state index is 12.6. The number of nitrogens with zero attached hydrogens (tertiary/aromatic N) is 3. The van der Waals surface area contributed by atoms with Crippen LogP contribution in [0.4, 0.5) is 15.3 Å². The van der Waals surface area contributed by atoms with Crippen LogP contribution in [0.3, 0.4) is 0 Å². The fraction of sp³-hybridized carbons (Fsp3) is 0.357. The Labute approximate surface area is 124 Å². The average molecular weight is 291 g/mol. The number of hydrazine groups is 1. The van der Waals surface area contributed by atoms with Crippen molar-refractivity contribution >= 4 is 24.0 Å². The van der Waals surface area contributed by atoms with Crippen molar-refractivity contribution in [2.24, 2.45) is 0 Å². The number of imide groups is 1. The Bertz CT molecular complexity index is 490. The molecule has 0 aliphatic carbocycles. The summed E-state index contributed by atoms with van der Waals surface area (Å²) in [6.07, 6.45) is 1.57. The van der Waals surface area contributed by atoms with Gasteiger partial charge in [0, 0.05) is 20.6 Å². The lowest BCUT2D eigenvalue weighted by atomic mass is 10.3. The van der Waals surface area contributed by atoms with Crippen LogP contribution in [0.5, 0.6) is 0 Å². The number of para-hydroxylation sites is 1. The molecule has 21 heavy (non-hydrogen) atoms. The number of amides is 4. The van der Waals surface area contributed by atoms with Crippen molar-refractivity contribution in [1.82, 2.24) is 15.3 Å². The minimum atomic E-state index is -0.671. The minimum absolute atomic E-state index is 0.274. The maximum absolute atomic E-state index is 12.6. The molecule has 1 radical (unpaired) electrons. The van der Waals surface area contributed by atoms with E-state index in [1.165, 1.54) is 5.01 Å². The van der Waals surface area contributed by atoms with E-state index in [4.69, 9.17) is 0 Å². The molecule has 0 aromatic heterocycles. The standard InChI is InChI=1S/C14H19N4O3/c1-4-17(16(2)3)14(21)18(13(20)15-10-11-19)12-8-6-5-7-9-12/h5-9H,4,10H2,1-3H3,(H,15,20). The second-order valence-corrected chi connectivity index (χ2v) is 4.32. The summed E-state index contributed by atoms with van der Waals surface area (Å²) < 4.78 is 0. The van der Waals surface area contributed by atoms with Crippen LogP contribution in [0.1, 0.15) is 6.92 Å². The van der Waals surface area contributed by atoms with E-state index in [0.29, 0.717) is 12.2 Å². The van der Waals surface area contributed by atoms with E-state index >= 15 is 0 Å². The first-order valence-corrected chi connectivity index (χ1v) is 6.49. The van der Waals surface area contributed by atoms with E-state index in [-0.39, 0.29) is 6.54 Å². The zero-order valence-corrected chi connectivity index (χ0v) is 12.4. The summed E-state index contributed by atoms with van der Waals surface area (Å²) in [5.74, 6) is 0. The van der Waals surface area contributed by atoms with Crippen molar-refractivity contribution < 1.29 is 14.4 Å². The van der Waals surface area contributed by atoms with Gasteiger partial charge in [-0.1, -0.05) is 18.2 Å². The SMILES string of the molecule is CCN(C(=O)N(C(=O)NC[C]=O)c1ccccc1)N(C)C. The molecule has 7 nitrogen and oxygen atoms in total. The summed E-state index contributed by atoms with van der Waals surface area (Å²) in [4.78, 5) is 36.0. The molecule has 0 saturated carbocycles. The number of urea groups is 2. The summed E-state index contributed by atoms with van der Waals surface area (Å²) in [6.45, 7) is 1.93. The van der Waals surface area contributed by atoms with E-state index in [1.807, 2.05) is 0 Å². The molecule has 0 atom stereocenters. The van der Waals surface area contributed by atoms with Crippen LogP contribution in [0.25, 0.3) is 0 Å². The molecule has 0 aliphatic heterocycles. The van der Waals surface area contributed by atoms with E-state index in [1.54, 1.807) is 62.6 Å². The number of carbonyl (C=O) groups excluding carboxylic acids is 3. The van der Waals surface area contributed by atoms with Crippen molar-refractivity contribution in [1.29, 1.82) is 0 Å². The van der Waals surface area contributed by atoms with Gasteiger partial charge in [-0.25, -0.2) is 19.5 Å². The summed E-state index contributed by atoms with van der Waals surface area (Å²) >= 11 is 0. The zero-order chi connectivity index (χ0) is 15.8. The van der Waals surface area contributed by atoms with Gasteiger partial charge in [-0.15, -0.1) is 0 Å². The van der Waals surface area contributed by atoms with Gasteiger partial charge in [0.15, 0.2) is 0 Å². The number of rotatable bonds is 5. The molecular weight excluding hydrogens is 272 g/mol. The Morgan fingerprint density at radius 3 is 2.29 bits per heavy atom. The van der Waals surface area contributed by atoms with E-state index < -0.39 is 12.1 Å². The number of benzene rings is 1. The molecule has 0 unspecified atom stereocenters. The fourth-order valence-electron chi connectivity index (χ4n) is 1.79. The summed E-state index contributed by atoms with van der Waals surface area (Å²) in [7, 11) is 3.42. The smallest absolute Gasteiger partial charge is 0.330 e. The molecular formula is C14H19N4O3. The van der Waals surface area contributed by atoms with Gasteiger partial charge in [0.05, 0.1) is 12.2 Å². The van der Waals surface area contributed by atoms with Crippen LogP contribution in [0, 0.1) is 0 Å². The van der Waals surface area contributed by atoms with E-state index in [2.05, 4.69) is 5.32 Å². The first-order chi connectivity index (χ1) is 10.0. The molecule has 113 valence electrons. The van der Waals surface area contributed by atoms with Gasteiger partial charge in [0.25, 0.3) is 0 Å². The third-order valence-electron chi connectivity index (χ3n) is 2.72. The largest absolute Gasteiger partial charge is 0.347 e. The van der Waals surface area contributed by atoms with Crippen molar-refractivity contribution in [3.63, 3.8) is 0 Å². The summed E-state index contributed by atoms with van der Waals surface area (Å²) in [6, 6.07) is 7.35. The van der Waals surface area contributed by atoms with Crippen molar-refractivity contribution in [2.75, 3.05) is 32.1 Å².